The molecule has 0 saturated carbocycles. The number of aliphatic hydroxyl groups is 1. The normalized spacial score (nSPS) is 10.7. The minimum atomic E-state index is -0.0376. The van der Waals surface area contributed by atoms with Gasteiger partial charge in [-0.3, -0.25) is 4.79 Å². The highest BCUT2D eigenvalue weighted by Gasteiger charge is 2.14. The van der Waals surface area contributed by atoms with E-state index >= 15 is 0 Å². The van der Waals surface area contributed by atoms with Crippen molar-refractivity contribution in [3.05, 3.63) is 53.1 Å². The van der Waals surface area contributed by atoms with Gasteiger partial charge in [-0.2, -0.15) is 0 Å². The number of aromatic amines is 1. The van der Waals surface area contributed by atoms with Crippen molar-refractivity contribution in [3.63, 3.8) is 0 Å². The van der Waals surface area contributed by atoms with E-state index in [0.29, 0.717) is 25.9 Å². The molecule has 0 spiro atoms. The lowest BCUT2D eigenvalue weighted by Crippen LogP contribution is -2.33. The van der Waals surface area contributed by atoms with Crippen LogP contribution in [0.3, 0.4) is 0 Å². The summed E-state index contributed by atoms with van der Waals surface area (Å²) in [5, 5.41) is 9.19. The summed E-state index contributed by atoms with van der Waals surface area (Å²) in [5.41, 5.74) is 3.35. The molecule has 0 radical (unpaired) electrons. The lowest BCUT2D eigenvalue weighted by atomic mass is 10.1. The zero-order valence-electron chi connectivity index (χ0n) is 13.9. The van der Waals surface area contributed by atoms with Crippen LogP contribution in [0, 0.1) is 6.92 Å². The Bertz CT molecular complexity index is 619. The first-order valence-electron chi connectivity index (χ1n) is 8.09. The highest BCUT2D eigenvalue weighted by Crippen LogP contribution is 2.10. The highest BCUT2D eigenvalue weighted by molar-refractivity contribution is 5.76. The van der Waals surface area contributed by atoms with E-state index < -0.39 is 0 Å². The molecule has 0 bridgehead atoms. The Morgan fingerprint density at radius 3 is 2.52 bits per heavy atom. The van der Waals surface area contributed by atoms with Crippen molar-refractivity contribution in [2.45, 2.75) is 39.7 Å². The molecule has 23 heavy (non-hydrogen) atoms. The van der Waals surface area contributed by atoms with Crippen LogP contribution < -0.4 is 0 Å². The van der Waals surface area contributed by atoms with E-state index in [4.69, 9.17) is 0 Å². The molecular formula is C18H25N3O2. The first kappa shape index (κ1) is 17.2. The molecule has 0 aliphatic carbocycles. The summed E-state index contributed by atoms with van der Waals surface area (Å²) < 4.78 is 0. The van der Waals surface area contributed by atoms with Gasteiger partial charge >= 0.3 is 0 Å². The van der Waals surface area contributed by atoms with Gasteiger partial charge in [0.1, 0.15) is 5.82 Å². The Labute approximate surface area is 137 Å². The summed E-state index contributed by atoms with van der Waals surface area (Å²) in [7, 11) is 0. The van der Waals surface area contributed by atoms with E-state index in [1.807, 2.05) is 6.92 Å². The quantitative estimate of drug-likeness (QED) is 0.785. The summed E-state index contributed by atoms with van der Waals surface area (Å²) >= 11 is 0. The Kier molecular flexibility index (Phi) is 6.35. The molecule has 1 heterocycles. The Morgan fingerprint density at radius 2 is 1.96 bits per heavy atom. The molecule has 1 aromatic carbocycles. The summed E-state index contributed by atoms with van der Waals surface area (Å²) in [4.78, 5) is 21.4. The van der Waals surface area contributed by atoms with Gasteiger partial charge in [0.2, 0.25) is 5.91 Å². The number of nitrogens with one attached hydrogen (secondary N) is 1. The average molecular weight is 315 g/mol. The largest absolute Gasteiger partial charge is 0.395 e. The number of benzene rings is 1. The van der Waals surface area contributed by atoms with E-state index in [0.717, 1.165) is 23.5 Å². The van der Waals surface area contributed by atoms with Crippen LogP contribution >= 0.6 is 0 Å². The van der Waals surface area contributed by atoms with Crippen molar-refractivity contribution >= 4 is 5.91 Å². The van der Waals surface area contributed by atoms with E-state index in [9.17, 15) is 9.90 Å². The van der Waals surface area contributed by atoms with Gasteiger partial charge in [0.05, 0.1) is 25.0 Å². The van der Waals surface area contributed by atoms with Crippen LogP contribution in [0.25, 0.3) is 0 Å². The Morgan fingerprint density at radius 1 is 1.26 bits per heavy atom. The predicted octanol–water partition coefficient (Wildman–Crippen LogP) is 2.23. The minimum Gasteiger partial charge on any atom is -0.395 e. The van der Waals surface area contributed by atoms with Gasteiger partial charge in [0.15, 0.2) is 0 Å². The first-order chi connectivity index (χ1) is 11.1. The standard InChI is InChI=1S/C18H25N3O2/c1-3-15-4-6-16(7-5-15)8-9-18(23)21(10-11-22)13-17-12-19-14(2)20-17/h4-7,12,22H,3,8-11,13H2,1-2H3,(H,19,20). The Balaban J connectivity index is 1.91. The van der Waals surface area contributed by atoms with Crippen molar-refractivity contribution in [2.24, 2.45) is 0 Å². The summed E-state index contributed by atoms with van der Waals surface area (Å²) in [6.07, 6.45) is 3.91. The number of carbonyl (C=O) groups is 1. The molecule has 5 nitrogen and oxygen atoms in total. The van der Waals surface area contributed by atoms with Gasteiger partial charge in [-0.25, -0.2) is 4.98 Å². The fourth-order valence-corrected chi connectivity index (χ4v) is 2.52. The van der Waals surface area contributed by atoms with Crippen LogP contribution in [0.5, 0.6) is 0 Å². The van der Waals surface area contributed by atoms with E-state index in [2.05, 4.69) is 41.2 Å². The monoisotopic (exact) mass is 315 g/mol. The summed E-state index contributed by atoms with van der Waals surface area (Å²) in [6.45, 7) is 4.76. The van der Waals surface area contributed by atoms with Crippen LogP contribution in [0.4, 0.5) is 0 Å². The van der Waals surface area contributed by atoms with Gasteiger partial charge in [-0.1, -0.05) is 31.2 Å². The number of hydrogen-bond acceptors (Lipinski definition) is 3. The maximum atomic E-state index is 12.4. The summed E-state index contributed by atoms with van der Waals surface area (Å²) in [6, 6.07) is 8.39. The molecule has 1 amide bonds. The minimum absolute atomic E-state index is 0.0376. The molecule has 2 rings (SSSR count). The van der Waals surface area contributed by atoms with Crippen molar-refractivity contribution in [1.29, 1.82) is 0 Å². The molecule has 0 atom stereocenters. The number of hydrogen-bond donors (Lipinski definition) is 2. The molecular weight excluding hydrogens is 290 g/mol. The molecule has 1 aromatic heterocycles. The summed E-state index contributed by atoms with van der Waals surface area (Å²) in [5.74, 6) is 0.873. The van der Waals surface area contributed by atoms with Gasteiger partial charge in [-0.05, 0) is 30.9 Å². The number of rotatable bonds is 8. The predicted molar refractivity (Wildman–Crippen MR) is 90.0 cm³/mol. The van der Waals surface area contributed by atoms with Crippen LogP contribution in [0.15, 0.2) is 30.5 Å². The fraction of sp³-hybridized carbons (Fsp3) is 0.444. The second-order valence-electron chi connectivity index (χ2n) is 5.70. The van der Waals surface area contributed by atoms with Crippen LogP contribution in [-0.2, 0) is 24.2 Å². The number of aromatic nitrogens is 2. The highest BCUT2D eigenvalue weighted by atomic mass is 16.3. The molecule has 2 N–H and O–H groups in total. The molecule has 124 valence electrons. The molecule has 0 unspecified atom stereocenters. The molecule has 0 aliphatic heterocycles. The second-order valence-corrected chi connectivity index (χ2v) is 5.70. The molecule has 0 fully saturated rings. The van der Waals surface area contributed by atoms with Gasteiger partial charge < -0.3 is 15.0 Å². The van der Waals surface area contributed by atoms with Crippen molar-refractivity contribution in [3.8, 4) is 0 Å². The SMILES string of the molecule is CCc1ccc(CCC(=O)N(CCO)Cc2cnc(C)[nH]2)cc1. The topological polar surface area (TPSA) is 69.2 Å². The number of aryl methyl sites for hydroxylation is 3. The van der Waals surface area contributed by atoms with Crippen LogP contribution in [-0.4, -0.2) is 39.0 Å². The molecule has 2 aromatic rings. The maximum absolute atomic E-state index is 12.4. The smallest absolute Gasteiger partial charge is 0.223 e. The lowest BCUT2D eigenvalue weighted by molar-refractivity contribution is -0.132. The fourth-order valence-electron chi connectivity index (χ4n) is 2.52. The van der Waals surface area contributed by atoms with E-state index in [1.165, 1.54) is 5.56 Å². The Hall–Kier alpha value is -2.14. The third-order valence-electron chi connectivity index (χ3n) is 3.90. The molecule has 0 saturated heterocycles. The maximum Gasteiger partial charge on any atom is 0.223 e. The van der Waals surface area contributed by atoms with Gasteiger partial charge in [0, 0.05) is 13.0 Å². The number of aliphatic hydroxyl groups excluding tert-OH is 1. The second kappa shape index (κ2) is 8.48. The molecule has 5 heteroatoms. The molecule has 0 aliphatic rings. The number of H-pyrrole nitrogens is 1. The van der Waals surface area contributed by atoms with Crippen molar-refractivity contribution in [2.75, 3.05) is 13.2 Å². The third-order valence-corrected chi connectivity index (χ3v) is 3.90. The zero-order valence-corrected chi connectivity index (χ0v) is 13.9. The van der Waals surface area contributed by atoms with Gasteiger partial charge in [0.25, 0.3) is 0 Å². The number of imidazole rings is 1. The number of carbonyl (C=O) groups excluding carboxylic acids is 1. The van der Waals surface area contributed by atoms with Crippen LogP contribution in [0.2, 0.25) is 0 Å². The first-order valence-corrected chi connectivity index (χ1v) is 8.09. The van der Waals surface area contributed by atoms with Crippen molar-refractivity contribution < 1.29 is 9.90 Å². The van der Waals surface area contributed by atoms with Crippen LogP contribution in [0.1, 0.15) is 36.0 Å². The lowest BCUT2D eigenvalue weighted by Gasteiger charge is -2.21. The van der Waals surface area contributed by atoms with E-state index in [1.54, 1.807) is 11.1 Å². The third kappa shape index (κ3) is 5.21. The van der Waals surface area contributed by atoms with E-state index in [-0.39, 0.29) is 12.5 Å². The number of amides is 1. The average Bonchev–Trinajstić information content (AvgIpc) is 2.97. The van der Waals surface area contributed by atoms with Crippen molar-refractivity contribution in [1.82, 2.24) is 14.9 Å². The van der Waals surface area contributed by atoms with Gasteiger partial charge in [-0.15, -0.1) is 0 Å². The zero-order chi connectivity index (χ0) is 16.7. The number of nitrogens with zero attached hydrogens (tertiary/aromatic N) is 2.